The molecule has 0 spiro atoms. The van der Waals surface area contributed by atoms with E-state index in [0.29, 0.717) is 16.6 Å². The summed E-state index contributed by atoms with van der Waals surface area (Å²) in [6.07, 6.45) is 0.881. The molecule has 1 N–H and O–H groups in total. The fourth-order valence-corrected chi connectivity index (χ4v) is 1.15. The molecular weight excluding hydrogens is 214 g/mol. The first-order valence-corrected chi connectivity index (χ1v) is 5.31. The molecule has 0 aromatic carbocycles. The third kappa shape index (κ3) is 3.36. The van der Waals surface area contributed by atoms with Gasteiger partial charge in [-0.25, -0.2) is 4.98 Å². The van der Waals surface area contributed by atoms with E-state index in [4.69, 9.17) is 21.4 Å². The topological polar surface area (TPSA) is 42.4 Å². The Kier molecular flexibility index (Phi) is 3.94. The highest BCUT2D eigenvalue weighted by molar-refractivity contribution is 6.31. The molecule has 0 atom stereocenters. The Bertz CT molecular complexity index is 339. The van der Waals surface area contributed by atoms with E-state index in [2.05, 4.69) is 4.98 Å². The summed E-state index contributed by atoms with van der Waals surface area (Å²) in [6, 6.07) is 3.39. The number of rotatable bonds is 4. The SMILES string of the molecule is CCC(C)(C)Oc1ccc(Cl)c(CO)n1. The molecule has 0 saturated carbocycles. The van der Waals surface area contributed by atoms with Gasteiger partial charge in [0.2, 0.25) is 5.88 Å². The van der Waals surface area contributed by atoms with Crippen molar-refractivity contribution in [2.24, 2.45) is 0 Å². The molecule has 1 heterocycles. The number of nitrogens with zero attached hydrogens (tertiary/aromatic N) is 1. The van der Waals surface area contributed by atoms with E-state index in [1.165, 1.54) is 0 Å². The highest BCUT2D eigenvalue weighted by Gasteiger charge is 2.17. The predicted octanol–water partition coefficient (Wildman–Crippen LogP) is 2.79. The van der Waals surface area contributed by atoms with Gasteiger partial charge in [-0.15, -0.1) is 0 Å². The lowest BCUT2D eigenvalue weighted by atomic mass is 10.1. The van der Waals surface area contributed by atoms with Gasteiger partial charge in [0.25, 0.3) is 0 Å². The van der Waals surface area contributed by atoms with Crippen molar-refractivity contribution >= 4 is 11.6 Å². The molecule has 0 unspecified atom stereocenters. The summed E-state index contributed by atoms with van der Waals surface area (Å²) in [5, 5.41) is 9.45. The number of ether oxygens (including phenoxy) is 1. The van der Waals surface area contributed by atoms with E-state index >= 15 is 0 Å². The van der Waals surface area contributed by atoms with Crippen molar-refractivity contribution in [2.75, 3.05) is 0 Å². The minimum Gasteiger partial charge on any atom is -0.472 e. The minimum absolute atomic E-state index is 0.178. The molecule has 0 radical (unpaired) electrons. The van der Waals surface area contributed by atoms with E-state index in [1.807, 2.05) is 20.8 Å². The van der Waals surface area contributed by atoms with Crippen molar-refractivity contribution in [1.29, 1.82) is 0 Å². The van der Waals surface area contributed by atoms with Crippen molar-refractivity contribution < 1.29 is 9.84 Å². The molecule has 3 nitrogen and oxygen atoms in total. The van der Waals surface area contributed by atoms with Crippen LogP contribution in [0, 0.1) is 0 Å². The number of aliphatic hydroxyl groups excluding tert-OH is 1. The maximum atomic E-state index is 9.00. The van der Waals surface area contributed by atoms with Crippen LogP contribution < -0.4 is 4.74 Å². The van der Waals surface area contributed by atoms with Gasteiger partial charge in [0, 0.05) is 6.07 Å². The normalized spacial score (nSPS) is 11.5. The molecule has 0 aliphatic carbocycles. The van der Waals surface area contributed by atoms with Crippen LogP contribution in [-0.4, -0.2) is 15.7 Å². The standard InChI is InChI=1S/C11H16ClNO2/c1-4-11(2,3)15-10-6-5-8(12)9(7-14)13-10/h5-6,14H,4,7H2,1-3H3. The number of aliphatic hydroxyl groups is 1. The maximum Gasteiger partial charge on any atom is 0.214 e. The third-order valence-corrected chi connectivity index (χ3v) is 2.62. The molecule has 0 fully saturated rings. The zero-order valence-corrected chi connectivity index (χ0v) is 10.0. The van der Waals surface area contributed by atoms with Gasteiger partial charge in [-0.05, 0) is 26.3 Å². The molecule has 0 amide bonds. The molecular formula is C11H16ClNO2. The van der Waals surface area contributed by atoms with Crippen molar-refractivity contribution in [1.82, 2.24) is 4.98 Å². The highest BCUT2D eigenvalue weighted by atomic mass is 35.5. The van der Waals surface area contributed by atoms with Crippen LogP contribution in [0.1, 0.15) is 32.9 Å². The summed E-state index contributed by atoms with van der Waals surface area (Å²) >= 11 is 5.82. The van der Waals surface area contributed by atoms with Gasteiger partial charge in [-0.2, -0.15) is 0 Å². The quantitative estimate of drug-likeness (QED) is 0.863. The number of hydrogen-bond donors (Lipinski definition) is 1. The minimum atomic E-state index is -0.256. The second-order valence-electron chi connectivity index (χ2n) is 3.95. The second kappa shape index (κ2) is 4.81. The lowest BCUT2D eigenvalue weighted by Crippen LogP contribution is -2.27. The van der Waals surface area contributed by atoms with Crippen molar-refractivity contribution in [3.05, 3.63) is 22.8 Å². The summed E-state index contributed by atoms with van der Waals surface area (Å²) in [5.41, 5.74) is 0.189. The summed E-state index contributed by atoms with van der Waals surface area (Å²) in [6.45, 7) is 5.84. The first kappa shape index (κ1) is 12.3. The first-order valence-electron chi connectivity index (χ1n) is 4.94. The smallest absolute Gasteiger partial charge is 0.214 e. The second-order valence-corrected chi connectivity index (χ2v) is 4.36. The zero-order chi connectivity index (χ0) is 11.5. The Morgan fingerprint density at radius 1 is 1.47 bits per heavy atom. The Morgan fingerprint density at radius 2 is 2.13 bits per heavy atom. The van der Waals surface area contributed by atoms with Gasteiger partial charge in [0.05, 0.1) is 17.3 Å². The highest BCUT2D eigenvalue weighted by Crippen LogP contribution is 2.22. The van der Waals surface area contributed by atoms with E-state index in [0.717, 1.165) is 6.42 Å². The van der Waals surface area contributed by atoms with E-state index in [1.54, 1.807) is 12.1 Å². The van der Waals surface area contributed by atoms with Crippen LogP contribution in [0.2, 0.25) is 5.02 Å². The molecule has 84 valence electrons. The molecule has 0 bridgehead atoms. The lowest BCUT2D eigenvalue weighted by Gasteiger charge is -2.24. The fourth-order valence-electron chi connectivity index (χ4n) is 0.987. The van der Waals surface area contributed by atoms with E-state index in [-0.39, 0.29) is 12.2 Å². The van der Waals surface area contributed by atoms with Crippen LogP contribution in [0.4, 0.5) is 0 Å². The molecule has 0 saturated heterocycles. The number of halogens is 1. The van der Waals surface area contributed by atoms with Crippen LogP contribution in [0.15, 0.2) is 12.1 Å². The van der Waals surface area contributed by atoms with Gasteiger partial charge < -0.3 is 9.84 Å². The maximum absolute atomic E-state index is 9.00. The monoisotopic (exact) mass is 229 g/mol. The number of hydrogen-bond acceptors (Lipinski definition) is 3. The summed E-state index contributed by atoms with van der Waals surface area (Å²) in [7, 11) is 0. The Morgan fingerprint density at radius 3 is 2.67 bits per heavy atom. The van der Waals surface area contributed by atoms with Crippen LogP contribution in [0.25, 0.3) is 0 Å². The van der Waals surface area contributed by atoms with Crippen LogP contribution in [-0.2, 0) is 6.61 Å². The van der Waals surface area contributed by atoms with Gasteiger partial charge in [-0.3, -0.25) is 0 Å². The molecule has 15 heavy (non-hydrogen) atoms. The summed E-state index contributed by atoms with van der Waals surface area (Å²) in [4.78, 5) is 4.12. The molecule has 4 heteroatoms. The van der Waals surface area contributed by atoms with E-state index < -0.39 is 0 Å². The van der Waals surface area contributed by atoms with Crippen molar-refractivity contribution in [3.8, 4) is 5.88 Å². The van der Waals surface area contributed by atoms with Gasteiger partial charge in [-0.1, -0.05) is 18.5 Å². The van der Waals surface area contributed by atoms with E-state index in [9.17, 15) is 0 Å². The van der Waals surface area contributed by atoms with Crippen LogP contribution >= 0.6 is 11.6 Å². The van der Waals surface area contributed by atoms with Gasteiger partial charge in [0.1, 0.15) is 5.60 Å². The Hall–Kier alpha value is -0.800. The lowest BCUT2D eigenvalue weighted by molar-refractivity contribution is 0.0982. The van der Waals surface area contributed by atoms with Crippen molar-refractivity contribution in [2.45, 2.75) is 39.4 Å². The molecule has 1 aromatic heterocycles. The van der Waals surface area contributed by atoms with Crippen molar-refractivity contribution in [3.63, 3.8) is 0 Å². The summed E-state index contributed by atoms with van der Waals surface area (Å²) in [5.74, 6) is 0.496. The fraction of sp³-hybridized carbons (Fsp3) is 0.545. The largest absolute Gasteiger partial charge is 0.472 e. The first-order chi connectivity index (χ1) is 6.98. The third-order valence-electron chi connectivity index (χ3n) is 2.28. The molecule has 1 aromatic rings. The zero-order valence-electron chi connectivity index (χ0n) is 9.25. The number of pyridine rings is 1. The number of aromatic nitrogens is 1. The Labute approximate surface area is 95.1 Å². The summed E-state index contributed by atoms with van der Waals surface area (Å²) < 4.78 is 5.67. The average Bonchev–Trinajstić information content (AvgIpc) is 2.20. The predicted molar refractivity (Wildman–Crippen MR) is 60.2 cm³/mol. The molecule has 0 aliphatic rings. The van der Waals surface area contributed by atoms with Crippen LogP contribution in [0.5, 0.6) is 5.88 Å². The van der Waals surface area contributed by atoms with Gasteiger partial charge >= 0.3 is 0 Å². The van der Waals surface area contributed by atoms with Gasteiger partial charge in [0.15, 0.2) is 0 Å². The molecule has 0 aliphatic heterocycles. The Balaban J connectivity index is 2.87. The average molecular weight is 230 g/mol. The molecule has 1 rings (SSSR count). The van der Waals surface area contributed by atoms with Crippen LogP contribution in [0.3, 0.4) is 0 Å².